The molecule has 0 atom stereocenters. The molecule has 0 unspecified atom stereocenters. The molecule has 76 valence electrons. The van der Waals surface area contributed by atoms with Gasteiger partial charge in [-0.1, -0.05) is 11.5 Å². The average molecular weight is 207 g/mol. The summed E-state index contributed by atoms with van der Waals surface area (Å²) in [6, 6.07) is 1.36. The maximum Gasteiger partial charge on any atom is 0.510 e. The Hall–Kier alpha value is -1.53. The Labute approximate surface area is 76.2 Å². The highest BCUT2D eigenvalue weighted by molar-refractivity contribution is 6.74. The van der Waals surface area contributed by atoms with Gasteiger partial charge in [0.1, 0.15) is 5.82 Å². The molecule has 0 saturated heterocycles. The van der Waals surface area contributed by atoms with Crippen molar-refractivity contribution in [3.05, 3.63) is 29.6 Å². The van der Waals surface area contributed by atoms with Crippen molar-refractivity contribution in [1.82, 2.24) is 0 Å². The quantitative estimate of drug-likeness (QED) is 0.590. The SMILES string of the molecule is O=C(O)c1cc(F)ccc1[B-](F)(F)F. The van der Waals surface area contributed by atoms with Gasteiger partial charge < -0.3 is 18.1 Å². The number of halogens is 4. The van der Waals surface area contributed by atoms with E-state index in [0.717, 1.165) is 0 Å². The summed E-state index contributed by atoms with van der Waals surface area (Å²) in [6.45, 7) is -5.43. The summed E-state index contributed by atoms with van der Waals surface area (Å²) >= 11 is 0. The summed E-state index contributed by atoms with van der Waals surface area (Å²) in [5.74, 6) is -2.80. The minimum Gasteiger partial charge on any atom is -0.478 e. The molecule has 0 aliphatic heterocycles. The fourth-order valence-corrected chi connectivity index (χ4v) is 0.999. The van der Waals surface area contributed by atoms with Crippen molar-refractivity contribution in [1.29, 1.82) is 0 Å². The Balaban J connectivity index is 3.37. The Morgan fingerprint density at radius 1 is 1.29 bits per heavy atom. The van der Waals surface area contributed by atoms with E-state index < -0.39 is 29.8 Å². The molecule has 0 spiro atoms. The molecule has 0 aromatic heterocycles. The summed E-state index contributed by atoms with van der Waals surface area (Å²) in [6.07, 6.45) is 0. The Morgan fingerprint density at radius 3 is 2.29 bits per heavy atom. The van der Waals surface area contributed by atoms with Gasteiger partial charge in [-0.3, -0.25) is 0 Å². The maximum absolute atomic E-state index is 12.5. The predicted molar refractivity (Wildman–Crippen MR) is 42.1 cm³/mol. The molecule has 1 aromatic carbocycles. The van der Waals surface area contributed by atoms with Gasteiger partial charge in [-0.2, -0.15) is 0 Å². The van der Waals surface area contributed by atoms with Crippen molar-refractivity contribution >= 4 is 18.4 Å². The van der Waals surface area contributed by atoms with Gasteiger partial charge in [-0.05, 0) is 12.1 Å². The van der Waals surface area contributed by atoms with Crippen LogP contribution in [0.4, 0.5) is 17.3 Å². The van der Waals surface area contributed by atoms with Crippen molar-refractivity contribution in [2.24, 2.45) is 0 Å². The first-order valence-corrected chi connectivity index (χ1v) is 3.55. The van der Waals surface area contributed by atoms with Crippen molar-refractivity contribution in [3.8, 4) is 0 Å². The summed E-state index contributed by atoms with van der Waals surface area (Å²) in [7, 11) is 0. The number of benzene rings is 1. The fourth-order valence-electron chi connectivity index (χ4n) is 0.999. The smallest absolute Gasteiger partial charge is 0.478 e. The normalized spacial score (nSPS) is 11.4. The monoisotopic (exact) mass is 207 g/mol. The van der Waals surface area contributed by atoms with Crippen LogP contribution >= 0.6 is 0 Å². The van der Waals surface area contributed by atoms with E-state index in [1.54, 1.807) is 0 Å². The Morgan fingerprint density at radius 2 is 1.86 bits per heavy atom. The van der Waals surface area contributed by atoms with Crippen molar-refractivity contribution in [2.75, 3.05) is 0 Å². The lowest BCUT2D eigenvalue weighted by Gasteiger charge is -2.17. The topological polar surface area (TPSA) is 37.3 Å². The van der Waals surface area contributed by atoms with Gasteiger partial charge in [-0.15, -0.1) is 0 Å². The molecular formula is C7H4BF4O2-. The first-order valence-electron chi connectivity index (χ1n) is 3.55. The third-order valence-electron chi connectivity index (χ3n) is 1.60. The van der Waals surface area contributed by atoms with Crippen molar-refractivity contribution in [3.63, 3.8) is 0 Å². The molecular weight excluding hydrogens is 203 g/mol. The molecule has 7 heteroatoms. The van der Waals surface area contributed by atoms with Crippen LogP contribution in [0, 0.1) is 5.82 Å². The predicted octanol–water partition coefficient (Wildman–Crippen LogP) is 1.58. The number of carboxylic acid groups (broad SMARTS) is 1. The molecule has 0 amide bonds. The molecule has 0 bridgehead atoms. The zero-order chi connectivity index (χ0) is 10.9. The number of carboxylic acids is 1. The van der Waals surface area contributed by atoms with Crippen LogP contribution in [0.2, 0.25) is 0 Å². The second-order valence-electron chi connectivity index (χ2n) is 2.61. The Bertz CT molecular complexity index is 374. The highest BCUT2D eigenvalue weighted by atomic mass is 19.4. The van der Waals surface area contributed by atoms with E-state index in [9.17, 15) is 22.1 Å². The number of aromatic carboxylic acids is 1. The highest BCUT2D eigenvalue weighted by Gasteiger charge is 2.30. The standard InChI is InChI=1S/C7H4BF4O2/c9-4-1-2-6(8(10,11)12)5(3-4)7(13)14/h1-3H,(H,13,14)/q-1. The molecule has 0 aliphatic carbocycles. The minimum absolute atomic E-state index is 0.354. The van der Waals surface area contributed by atoms with Crippen LogP contribution in [0.1, 0.15) is 10.4 Å². The zero-order valence-electron chi connectivity index (χ0n) is 6.68. The summed E-state index contributed by atoms with van der Waals surface area (Å²) < 4.78 is 49.1. The molecule has 1 N–H and O–H groups in total. The van der Waals surface area contributed by atoms with E-state index in [0.29, 0.717) is 18.2 Å². The lowest BCUT2D eigenvalue weighted by molar-refractivity contribution is 0.0697. The van der Waals surface area contributed by atoms with Gasteiger partial charge in [0.25, 0.3) is 0 Å². The first-order chi connectivity index (χ1) is 6.32. The van der Waals surface area contributed by atoms with Gasteiger partial charge >= 0.3 is 12.9 Å². The van der Waals surface area contributed by atoms with Crippen LogP contribution in [-0.4, -0.2) is 18.1 Å². The molecule has 0 saturated carbocycles. The van der Waals surface area contributed by atoms with Crippen LogP contribution < -0.4 is 5.46 Å². The maximum atomic E-state index is 12.5. The minimum atomic E-state index is -5.43. The highest BCUT2D eigenvalue weighted by Crippen LogP contribution is 2.13. The number of hydrogen-bond acceptors (Lipinski definition) is 1. The zero-order valence-corrected chi connectivity index (χ0v) is 6.68. The molecule has 0 heterocycles. The van der Waals surface area contributed by atoms with E-state index in [1.165, 1.54) is 0 Å². The number of rotatable bonds is 2. The van der Waals surface area contributed by atoms with E-state index in [-0.39, 0.29) is 0 Å². The van der Waals surface area contributed by atoms with Crippen LogP contribution in [0.15, 0.2) is 18.2 Å². The average Bonchev–Trinajstić information content (AvgIpc) is 2.01. The summed E-state index contributed by atoms with van der Waals surface area (Å²) in [4.78, 5) is 10.4. The lowest BCUT2D eigenvalue weighted by atomic mass is 9.77. The molecule has 0 radical (unpaired) electrons. The lowest BCUT2D eigenvalue weighted by Crippen LogP contribution is -2.38. The molecule has 1 aromatic rings. The van der Waals surface area contributed by atoms with E-state index in [1.807, 2.05) is 0 Å². The van der Waals surface area contributed by atoms with Crippen LogP contribution in [0.5, 0.6) is 0 Å². The Kier molecular flexibility index (Phi) is 2.50. The molecule has 1 rings (SSSR count). The van der Waals surface area contributed by atoms with Gasteiger partial charge in [0, 0.05) is 5.56 Å². The first kappa shape index (κ1) is 10.6. The summed E-state index contributed by atoms with van der Waals surface area (Å²) in [5.41, 5.74) is -2.35. The van der Waals surface area contributed by atoms with E-state index in [4.69, 9.17) is 5.11 Å². The third kappa shape index (κ3) is 2.04. The van der Waals surface area contributed by atoms with Crippen LogP contribution in [0.3, 0.4) is 0 Å². The number of hydrogen-bond donors (Lipinski definition) is 1. The van der Waals surface area contributed by atoms with Gasteiger partial charge in [0.2, 0.25) is 0 Å². The van der Waals surface area contributed by atoms with E-state index in [2.05, 4.69) is 0 Å². The molecule has 0 fully saturated rings. The van der Waals surface area contributed by atoms with Gasteiger partial charge in [0.05, 0.1) is 0 Å². The third-order valence-corrected chi connectivity index (χ3v) is 1.60. The number of carbonyl (C=O) groups is 1. The molecule has 2 nitrogen and oxygen atoms in total. The van der Waals surface area contributed by atoms with Crippen molar-refractivity contribution < 1.29 is 27.2 Å². The molecule has 0 aliphatic rings. The van der Waals surface area contributed by atoms with Crippen LogP contribution in [-0.2, 0) is 0 Å². The fraction of sp³-hybridized carbons (Fsp3) is 0. The van der Waals surface area contributed by atoms with E-state index >= 15 is 0 Å². The van der Waals surface area contributed by atoms with Crippen LogP contribution in [0.25, 0.3) is 0 Å². The largest absolute Gasteiger partial charge is 0.510 e. The van der Waals surface area contributed by atoms with Gasteiger partial charge in [0.15, 0.2) is 0 Å². The second-order valence-corrected chi connectivity index (χ2v) is 2.61. The van der Waals surface area contributed by atoms with Crippen molar-refractivity contribution in [2.45, 2.75) is 0 Å². The summed E-state index contributed by atoms with van der Waals surface area (Å²) in [5, 5.41) is 8.40. The van der Waals surface area contributed by atoms with Gasteiger partial charge in [-0.25, -0.2) is 9.18 Å². The second kappa shape index (κ2) is 3.32. The molecule has 14 heavy (non-hydrogen) atoms.